The molecule has 0 aliphatic heterocycles. The van der Waals surface area contributed by atoms with Gasteiger partial charge in [-0.1, -0.05) is 30.9 Å². The number of hydrogen-bond acceptors (Lipinski definition) is 6. The summed E-state index contributed by atoms with van der Waals surface area (Å²) in [6.45, 7) is 0.214. The highest BCUT2D eigenvalue weighted by Crippen LogP contribution is 2.28. The number of halogens is 1. The van der Waals surface area contributed by atoms with Gasteiger partial charge in [-0.3, -0.25) is 4.79 Å². The molecule has 1 amide bonds. The van der Waals surface area contributed by atoms with Gasteiger partial charge in [0.15, 0.2) is 0 Å². The number of benzene rings is 1. The van der Waals surface area contributed by atoms with Gasteiger partial charge in [0.25, 0.3) is 5.91 Å². The molecular weight excluding hydrogens is 380 g/mol. The summed E-state index contributed by atoms with van der Waals surface area (Å²) in [5.41, 5.74) is -0.543. The highest BCUT2D eigenvalue weighted by Gasteiger charge is 2.29. The largest absolute Gasteiger partial charge is 0.439 e. The fourth-order valence-corrected chi connectivity index (χ4v) is 3.40. The van der Waals surface area contributed by atoms with Crippen molar-refractivity contribution >= 4 is 23.5 Å². The first kappa shape index (κ1) is 20.4. The molecule has 0 saturated heterocycles. The van der Waals surface area contributed by atoms with Gasteiger partial charge in [-0.25, -0.2) is 4.98 Å². The van der Waals surface area contributed by atoms with Gasteiger partial charge in [0.1, 0.15) is 5.75 Å². The van der Waals surface area contributed by atoms with Crippen molar-refractivity contribution in [1.82, 2.24) is 15.3 Å². The van der Waals surface area contributed by atoms with Crippen molar-refractivity contribution in [2.45, 2.75) is 37.7 Å². The Labute approximate surface area is 169 Å². The highest BCUT2D eigenvalue weighted by atomic mass is 35.5. The molecule has 1 aliphatic carbocycles. The van der Waals surface area contributed by atoms with E-state index in [1.807, 2.05) is 14.1 Å². The minimum Gasteiger partial charge on any atom is -0.439 e. The van der Waals surface area contributed by atoms with E-state index in [4.69, 9.17) is 16.3 Å². The topological polar surface area (TPSA) is 87.6 Å². The second-order valence-electron chi connectivity index (χ2n) is 7.30. The van der Waals surface area contributed by atoms with Gasteiger partial charge in [-0.2, -0.15) is 4.98 Å². The molecule has 0 bridgehead atoms. The van der Waals surface area contributed by atoms with Gasteiger partial charge < -0.3 is 20.1 Å². The van der Waals surface area contributed by atoms with Crippen LogP contribution in [0.2, 0.25) is 5.02 Å². The van der Waals surface area contributed by atoms with E-state index in [0.717, 1.165) is 19.3 Å². The standard InChI is InChI=1S/C20H25ClN4O3/c1-25(2)19-22-11-8-17(24-19)28-14-6-7-16(21)15(12-14)18(26)23-13-20(27)9-4-3-5-10-20/h6-8,11-12,27H,3-5,9-10,13H2,1-2H3,(H,23,26). The van der Waals surface area contributed by atoms with Crippen LogP contribution in [0.25, 0.3) is 0 Å². The van der Waals surface area contributed by atoms with Crippen LogP contribution in [0.15, 0.2) is 30.5 Å². The minimum atomic E-state index is -0.835. The van der Waals surface area contributed by atoms with Crippen molar-refractivity contribution in [3.8, 4) is 11.6 Å². The highest BCUT2D eigenvalue weighted by molar-refractivity contribution is 6.33. The van der Waals surface area contributed by atoms with Crippen LogP contribution in [0.4, 0.5) is 5.95 Å². The Kier molecular flexibility index (Phi) is 6.36. The first-order valence-electron chi connectivity index (χ1n) is 9.35. The molecule has 7 nitrogen and oxygen atoms in total. The third-order valence-corrected chi connectivity index (χ3v) is 5.11. The Morgan fingerprint density at radius 2 is 2.04 bits per heavy atom. The van der Waals surface area contributed by atoms with Crippen molar-refractivity contribution in [1.29, 1.82) is 0 Å². The monoisotopic (exact) mass is 404 g/mol. The summed E-state index contributed by atoms with van der Waals surface area (Å²) >= 11 is 6.21. The van der Waals surface area contributed by atoms with Crippen LogP contribution < -0.4 is 15.0 Å². The van der Waals surface area contributed by atoms with Gasteiger partial charge in [0.05, 0.1) is 16.2 Å². The van der Waals surface area contributed by atoms with E-state index >= 15 is 0 Å². The molecular formula is C20H25ClN4O3. The van der Waals surface area contributed by atoms with Crippen molar-refractivity contribution in [3.63, 3.8) is 0 Å². The maximum Gasteiger partial charge on any atom is 0.253 e. The van der Waals surface area contributed by atoms with E-state index in [1.54, 1.807) is 35.4 Å². The molecule has 1 aliphatic rings. The number of aliphatic hydroxyl groups is 1. The minimum absolute atomic E-state index is 0.214. The third kappa shape index (κ3) is 5.11. The number of carbonyl (C=O) groups excluding carboxylic acids is 1. The fraction of sp³-hybridized carbons (Fsp3) is 0.450. The van der Waals surface area contributed by atoms with Crippen LogP contribution in [0.5, 0.6) is 11.6 Å². The number of hydrogen-bond donors (Lipinski definition) is 2. The zero-order valence-electron chi connectivity index (χ0n) is 16.1. The van der Waals surface area contributed by atoms with E-state index < -0.39 is 5.60 Å². The van der Waals surface area contributed by atoms with Gasteiger partial charge >= 0.3 is 0 Å². The summed E-state index contributed by atoms with van der Waals surface area (Å²) in [4.78, 5) is 22.8. The van der Waals surface area contributed by atoms with E-state index in [2.05, 4.69) is 15.3 Å². The molecule has 28 heavy (non-hydrogen) atoms. The number of nitrogens with zero attached hydrogens (tertiary/aromatic N) is 3. The van der Waals surface area contributed by atoms with Crippen LogP contribution in [-0.4, -0.2) is 47.2 Å². The van der Waals surface area contributed by atoms with Crippen molar-refractivity contribution < 1.29 is 14.6 Å². The lowest BCUT2D eigenvalue weighted by molar-refractivity contribution is 0.00526. The second-order valence-corrected chi connectivity index (χ2v) is 7.71. The third-order valence-electron chi connectivity index (χ3n) is 4.78. The molecule has 3 rings (SSSR count). The van der Waals surface area contributed by atoms with Gasteiger partial charge in [-0.15, -0.1) is 0 Å². The number of anilines is 1. The number of aromatic nitrogens is 2. The summed E-state index contributed by atoms with van der Waals surface area (Å²) in [7, 11) is 3.67. The van der Waals surface area contributed by atoms with Crippen LogP contribution in [-0.2, 0) is 0 Å². The summed E-state index contributed by atoms with van der Waals surface area (Å²) in [6, 6.07) is 6.49. The van der Waals surface area contributed by atoms with Gasteiger partial charge in [0, 0.05) is 32.9 Å². The molecule has 0 spiro atoms. The molecule has 0 atom stereocenters. The van der Waals surface area contributed by atoms with E-state index in [-0.39, 0.29) is 12.5 Å². The van der Waals surface area contributed by atoms with Gasteiger partial charge in [-0.05, 0) is 31.0 Å². The van der Waals surface area contributed by atoms with Crippen molar-refractivity contribution in [2.24, 2.45) is 0 Å². The molecule has 0 unspecified atom stereocenters. The van der Waals surface area contributed by atoms with Crippen molar-refractivity contribution in [3.05, 3.63) is 41.0 Å². The normalized spacial score (nSPS) is 15.7. The first-order chi connectivity index (χ1) is 13.4. The zero-order chi connectivity index (χ0) is 20.1. The Bertz CT molecular complexity index is 838. The quantitative estimate of drug-likeness (QED) is 0.767. The number of carbonyl (C=O) groups is 1. The second kappa shape index (κ2) is 8.75. The zero-order valence-corrected chi connectivity index (χ0v) is 16.9. The molecule has 1 heterocycles. The summed E-state index contributed by atoms with van der Waals surface area (Å²) in [5.74, 6) is 0.981. The SMILES string of the molecule is CN(C)c1nccc(Oc2ccc(Cl)c(C(=O)NCC3(O)CCCCC3)c2)n1. The predicted octanol–water partition coefficient (Wildman–Crippen LogP) is 3.41. The maximum atomic E-state index is 12.6. The lowest BCUT2D eigenvalue weighted by Gasteiger charge is -2.32. The summed E-state index contributed by atoms with van der Waals surface area (Å²) < 4.78 is 5.76. The van der Waals surface area contributed by atoms with Crippen LogP contribution in [0.1, 0.15) is 42.5 Å². The average molecular weight is 405 g/mol. The molecule has 0 radical (unpaired) electrons. The first-order valence-corrected chi connectivity index (χ1v) is 9.72. The van der Waals surface area contributed by atoms with Gasteiger partial charge in [0.2, 0.25) is 11.8 Å². The fourth-order valence-electron chi connectivity index (χ4n) is 3.19. The Morgan fingerprint density at radius 3 is 2.75 bits per heavy atom. The number of ether oxygens (including phenoxy) is 1. The Morgan fingerprint density at radius 1 is 1.29 bits per heavy atom. The van der Waals surface area contributed by atoms with E-state index in [0.29, 0.717) is 41.0 Å². The molecule has 2 aromatic rings. The number of nitrogens with one attached hydrogen (secondary N) is 1. The molecule has 1 aromatic heterocycles. The van der Waals surface area contributed by atoms with E-state index in [1.165, 1.54) is 0 Å². The van der Waals surface area contributed by atoms with E-state index in [9.17, 15) is 9.90 Å². The summed E-state index contributed by atoms with van der Waals surface area (Å²) in [5, 5.41) is 13.7. The predicted molar refractivity (Wildman–Crippen MR) is 108 cm³/mol. The number of rotatable bonds is 6. The number of amides is 1. The lowest BCUT2D eigenvalue weighted by Crippen LogP contribution is -2.44. The maximum absolute atomic E-state index is 12.6. The van der Waals surface area contributed by atoms with Crippen molar-refractivity contribution in [2.75, 3.05) is 25.5 Å². The summed E-state index contributed by atoms with van der Waals surface area (Å²) in [6.07, 6.45) is 6.08. The Balaban J connectivity index is 1.70. The molecule has 1 aromatic carbocycles. The van der Waals surface area contributed by atoms with Crippen LogP contribution in [0, 0.1) is 0 Å². The van der Waals surface area contributed by atoms with Crippen LogP contribution >= 0.6 is 11.6 Å². The Hall–Kier alpha value is -2.38. The molecule has 150 valence electrons. The lowest BCUT2D eigenvalue weighted by atomic mass is 9.85. The molecule has 1 fully saturated rings. The molecule has 2 N–H and O–H groups in total. The molecule has 1 saturated carbocycles. The van der Waals surface area contributed by atoms with Crippen LogP contribution in [0.3, 0.4) is 0 Å². The smallest absolute Gasteiger partial charge is 0.253 e. The molecule has 8 heteroatoms. The average Bonchev–Trinajstić information content (AvgIpc) is 2.68.